The van der Waals surface area contributed by atoms with Crippen molar-refractivity contribution in [3.05, 3.63) is 64.7 Å². The van der Waals surface area contributed by atoms with Gasteiger partial charge in [-0.05, 0) is 44.5 Å². The molecule has 6 heteroatoms. The van der Waals surface area contributed by atoms with Crippen molar-refractivity contribution < 1.29 is 9.59 Å². The van der Waals surface area contributed by atoms with Crippen LogP contribution in [0.4, 0.5) is 5.69 Å². The first-order valence-corrected chi connectivity index (χ1v) is 9.86. The van der Waals surface area contributed by atoms with Crippen molar-refractivity contribution in [2.24, 2.45) is 0 Å². The number of halogens is 1. The molecular formula is C20H23ClN2O2S. The molecule has 2 aromatic carbocycles. The number of rotatable bonds is 7. The molecule has 0 heterocycles. The molecule has 2 amide bonds. The number of carbonyl (C=O) groups is 2. The van der Waals surface area contributed by atoms with Crippen LogP contribution >= 0.6 is 23.4 Å². The van der Waals surface area contributed by atoms with Crippen LogP contribution in [-0.2, 0) is 10.5 Å². The summed E-state index contributed by atoms with van der Waals surface area (Å²) in [6.45, 7) is 5.62. The van der Waals surface area contributed by atoms with Crippen LogP contribution in [0, 0.1) is 0 Å². The average Bonchev–Trinajstić information content (AvgIpc) is 2.60. The molecule has 4 nitrogen and oxygen atoms in total. The van der Waals surface area contributed by atoms with Gasteiger partial charge in [-0.15, -0.1) is 11.8 Å². The highest BCUT2D eigenvalue weighted by molar-refractivity contribution is 7.99. The van der Waals surface area contributed by atoms with Crippen LogP contribution in [-0.4, -0.2) is 23.1 Å². The molecular weight excluding hydrogens is 368 g/mol. The summed E-state index contributed by atoms with van der Waals surface area (Å²) in [4.78, 5) is 24.9. The maximum Gasteiger partial charge on any atom is 0.253 e. The van der Waals surface area contributed by atoms with Crippen molar-refractivity contribution in [3.8, 4) is 0 Å². The summed E-state index contributed by atoms with van der Waals surface area (Å²) >= 11 is 7.58. The fourth-order valence-corrected chi connectivity index (χ4v) is 3.28. The van der Waals surface area contributed by atoms with Crippen LogP contribution in [0.25, 0.3) is 0 Å². The third-order valence-electron chi connectivity index (χ3n) is 3.62. The number of thioether (sulfide) groups is 1. The summed E-state index contributed by atoms with van der Waals surface area (Å²) in [7, 11) is 0. The van der Waals surface area contributed by atoms with E-state index in [0.717, 1.165) is 11.3 Å². The Morgan fingerprint density at radius 1 is 1.08 bits per heavy atom. The van der Waals surface area contributed by atoms with Crippen LogP contribution in [0.1, 0.15) is 36.7 Å². The van der Waals surface area contributed by atoms with Crippen molar-refractivity contribution in [2.45, 2.75) is 37.8 Å². The van der Waals surface area contributed by atoms with Crippen LogP contribution in [0.2, 0.25) is 5.02 Å². The molecule has 0 fully saturated rings. The Morgan fingerprint density at radius 3 is 2.42 bits per heavy atom. The normalized spacial score (nSPS) is 11.9. The van der Waals surface area contributed by atoms with Crippen LogP contribution in [0.5, 0.6) is 0 Å². The third-order valence-corrected chi connectivity index (χ3v) is 5.07. The second kappa shape index (κ2) is 9.64. The number of amides is 2. The van der Waals surface area contributed by atoms with Crippen LogP contribution in [0.15, 0.2) is 48.5 Å². The van der Waals surface area contributed by atoms with Gasteiger partial charge in [0.15, 0.2) is 0 Å². The molecule has 0 bridgehead atoms. The Bertz CT molecular complexity index is 766. The van der Waals surface area contributed by atoms with Gasteiger partial charge in [0.25, 0.3) is 5.91 Å². The minimum Gasteiger partial charge on any atom is -0.350 e. The zero-order valence-electron chi connectivity index (χ0n) is 15.1. The fourth-order valence-electron chi connectivity index (χ4n) is 2.26. The molecule has 0 aliphatic heterocycles. The smallest absolute Gasteiger partial charge is 0.253 e. The van der Waals surface area contributed by atoms with Gasteiger partial charge >= 0.3 is 0 Å². The summed E-state index contributed by atoms with van der Waals surface area (Å²) in [5.74, 6) is 0.342. The van der Waals surface area contributed by atoms with Gasteiger partial charge in [0.2, 0.25) is 5.91 Å². The SMILES string of the molecule is CC(C)NC(=O)c1ccc(Cl)cc1NC(=O)C(C)SCc1ccccc1. The van der Waals surface area contributed by atoms with E-state index in [9.17, 15) is 9.59 Å². The minimum atomic E-state index is -0.268. The predicted octanol–water partition coefficient (Wildman–Crippen LogP) is 4.74. The first kappa shape index (κ1) is 20.3. The van der Waals surface area contributed by atoms with E-state index in [-0.39, 0.29) is 23.1 Å². The summed E-state index contributed by atoms with van der Waals surface area (Å²) in [6, 6.07) is 14.8. The van der Waals surface area contributed by atoms with Gasteiger partial charge in [0.1, 0.15) is 0 Å². The van der Waals surface area contributed by atoms with Gasteiger partial charge in [-0.2, -0.15) is 0 Å². The van der Waals surface area contributed by atoms with Gasteiger partial charge in [-0.25, -0.2) is 0 Å². The van der Waals surface area contributed by atoms with Gasteiger partial charge in [0, 0.05) is 16.8 Å². The lowest BCUT2D eigenvalue weighted by Gasteiger charge is -2.16. The zero-order chi connectivity index (χ0) is 19.1. The Hall–Kier alpha value is -1.98. The number of anilines is 1. The van der Waals surface area contributed by atoms with E-state index in [4.69, 9.17) is 11.6 Å². The van der Waals surface area contributed by atoms with Gasteiger partial charge in [0.05, 0.1) is 16.5 Å². The molecule has 0 radical (unpaired) electrons. The second-order valence-corrected chi connectivity index (χ2v) is 8.01. The third kappa shape index (κ3) is 6.07. The molecule has 0 aromatic heterocycles. The van der Waals surface area contributed by atoms with E-state index in [1.807, 2.05) is 51.1 Å². The highest BCUT2D eigenvalue weighted by Crippen LogP contribution is 2.24. The highest BCUT2D eigenvalue weighted by Gasteiger charge is 2.18. The molecule has 0 saturated carbocycles. The maximum atomic E-state index is 12.5. The van der Waals surface area contributed by atoms with E-state index in [0.29, 0.717) is 16.3 Å². The number of benzene rings is 2. The second-order valence-electron chi connectivity index (χ2n) is 6.25. The Labute approximate surface area is 163 Å². The van der Waals surface area contributed by atoms with E-state index in [2.05, 4.69) is 10.6 Å². The molecule has 0 spiro atoms. The van der Waals surface area contributed by atoms with Gasteiger partial charge < -0.3 is 10.6 Å². The number of nitrogens with one attached hydrogen (secondary N) is 2. The molecule has 1 atom stereocenters. The largest absolute Gasteiger partial charge is 0.350 e. The van der Waals surface area contributed by atoms with E-state index in [1.165, 1.54) is 0 Å². The molecule has 2 aromatic rings. The van der Waals surface area contributed by atoms with E-state index in [1.54, 1.807) is 30.0 Å². The summed E-state index contributed by atoms with van der Waals surface area (Å²) in [6.07, 6.45) is 0. The van der Waals surface area contributed by atoms with Gasteiger partial charge in [-0.1, -0.05) is 41.9 Å². The quantitative estimate of drug-likeness (QED) is 0.717. The first-order chi connectivity index (χ1) is 12.4. The topological polar surface area (TPSA) is 58.2 Å². The molecule has 1 unspecified atom stereocenters. The lowest BCUT2D eigenvalue weighted by Crippen LogP contribution is -2.31. The van der Waals surface area contributed by atoms with Gasteiger partial charge in [-0.3, -0.25) is 9.59 Å². The van der Waals surface area contributed by atoms with Crippen molar-refractivity contribution in [2.75, 3.05) is 5.32 Å². The molecule has 2 rings (SSSR count). The molecule has 0 saturated heterocycles. The molecule has 0 aliphatic rings. The highest BCUT2D eigenvalue weighted by atomic mass is 35.5. The molecule has 0 aliphatic carbocycles. The monoisotopic (exact) mass is 390 g/mol. The van der Waals surface area contributed by atoms with Crippen molar-refractivity contribution in [3.63, 3.8) is 0 Å². The molecule has 26 heavy (non-hydrogen) atoms. The minimum absolute atomic E-state index is 0.00193. The standard InChI is InChI=1S/C20H23ClN2O2S/c1-13(2)22-20(25)17-10-9-16(21)11-18(17)23-19(24)14(3)26-12-15-7-5-4-6-8-15/h4-11,13-14H,12H2,1-3H3,(H,22,25)(H,23,24). The zero-order valence-corrected chi connectivity index (χ0v) is 16.7. The number of carbonyl (C=O) groups excluding carboxylic acids is 2. The Balaban J connectivity index is 2.05. The lowest BCUT2D eigenvalue weighted by molar-refractivity contribution is -0.115. The van der Waals surface area contributed by atoms with Crippen LogP contribution < -0.4 is 10.6 Å². The summed E-state index contributed by atoms with van der Waals surface area (Å²) in [5, 5.41) is 5.86. The van der Waals surface area contributed by atoms with Crippen molar-refractivity contribution in [1.82, 2.24) is 5.32 Å². The average molecular weight is 391 g/mol. The lowest BCUT2D eigenvalue weighted by atomic mass is 10.1. The van der Waals surface area contributed by atoms with Crippen molar-refractivity contribution >= 4 is 40.9 Å². The predicted molar refractivity (Wildman–Crippen MR) is 110 cm³/mol. The summed E-state index contributed by atoms with van der Waals surface area (Å²) in [5.41, 5.74) is 1.99. The number of hydrogen-bond donors (Lipinski definition) is 2. The maximum absolute atomic E-state index is 12.5. The van der Waals surface area contributed by atoms with Crippen LogP contribution in [0.3, 0.4) is 0 Å². The molecule has 2 N–H and O–H groups in total. The molecule has 138 valence electrons. The number of hydrogen-bond acceptors (Lipinski definition) is 3. The van der Waals surface area contributed by atoms with E-state index < -0.39 is 0 Å². The fraction of sp³-hybridized carbons (Fsp3) is 0.300. The Morgan fingerprint density at radius 2 is 1.77 bits per heavy atom. The van der Waals surface area contributed by atoms with Crippen molar-refractivity contribution in [1.29, 1.82) is 0 Å². The Kier molecular flexibility index (Phi) is 7.54. The van der Waals surface area contributed by atoms with E-state index >= 15 is 0 Å². The summed E-state index contributed by atoms with van der Waals surface area (Å²) < 4.78 is 0. The first-order valence-electron chi connectivity index (χ1n) is 8.43.